The average molecular weight is 319 g/mol. The molecule has 1 unspecified atom stereocenters. The lowest BCUT2D eigenvalue weighted by Gasteiger charge is -2.15. The van der Waals surface area contributed by atoms with Gasteiger partial charge in [-0.15, -0.1) is 11.6 Å². The summed E-state index contributed by atoms with van der Waals surface area (Å²) >= 11 is 6.18. The molecule has 0 radical (unpaired) electrons. The van der Waals surface area contributed by atoms with E-state index < -0.39 is 18.2 Å². The zero-order valence-electron chi connectivity index (χ0n) is 11.3. The first kappa shape index (κ1) is 15.9. The zero-order chi connectivity index (χ0) is 15.5. The standard InChI is InChI=1S/C15H14ClF3O2/c1-20-14-7-6-11(10-4-2-3-5-12(10)14)13(16)8-21-9-15(17,18)19/h2-7,13H,8-9H2,1H3. The third-order valence-corrected chi connectivity index (χ3v) is 3.37. The molecule has 114 valence electrons. The van der Waals surface area contributed by atoms with Gasteiger partial charge in [-0.2, -0.15) is 13.2 Å². The Labute approximate surface area is 125 Å². The van der Waals surface area contributed by atoms with Gasteiger partial charge in [0.25, 0.3) is 0 Å². The minimum Gasteiger partial charge on any atom is -0.496 e. The Morgan fingerprint density at radius 1 is 1.10 bits per heavy atom. The second-order valence-electron chi connectivity index (χ2n) is 4.50. The van der Waals surface area contributed by atoms with E-state index in [1.54, 1.807) is 19.2 Å². The Balaban J connectivity index is 2.22. The Morgan fingerprint density at radius 2 is 1.76 bits per heavy atom. The summed E-state index contributed by atoms with van der Waals surface area (Å²) in [5.74, 6) is 0.689. The van der Waals surface area contributed by atoms with Crippen LogP contribution in [0.15, 0.2) is 36.4 Å². The minimum absolute atomic E-state index is 0.211. The molecule has 2 nitrogen and oxygen atoms in total. The summed E-state index contributed by atoms with van der Waals surface area (Å²) in [6, 6.07) is 10.9. The van der Waals surface area contributed by atoms with E-state index in [-0.39, 0.29) is 6.61 Å². The van der Waals surface area contributed by atoms with E-state index in [0.717, 1.165) is 16.3 Å². The molecule has 0 saturated carbocycles. The maximum atomic E-state index is 12.1. The lowest BCUT2D eigenvalue weighted by molar-refractivity contribution is -0.173. The van der Waals surface area contributed by atoms with Crippen molar-refractivity contribution < 1.29 is 22.6 Å². The molecule has 0 fully saturated rings. The van der Waals surface area contributed by atoms with Gasteiger partial charge in [-0.05, 0) is 17.0 Å². The fourth-order valence-electron chi connectivity index (χ4n) is 2.11. The molecular weight excluding hydrogens is 305 g/mol. The summed E-state index contributed by atoms with van der Waals surface area (Å²) in [6.45, 7) is -1.51. The number of benzene rings is 2. The summed E-state index contributed by atoms with van der Waals surface area (Å²) < 4.78 is 46.1. The van der Waals surface area contributed by atoms with E-state index in [1.165, 1.54) is 0 Å². The molecule has 0 aliphatic heterocycles. The number of halogens is 4. The van der Waals surface area contributed by atoms with Gasteiger partial charge in [0.15, 0.2) is 0 Å². The van der Waals surface area contributed by atoms with Crippen LogP contribution in [0.4, 0.5) is 13.2 Å². The molecule has 21 heavy (non-hydrogen) atoms. The van der Waals surface area contributed by atoms with E-state index >= 15 is 0 Å². The van der Waals surface area contributed by atoms with Crippen molar-refractivity contribution in [1.29, 1.82) is 0 Å². The van der Waals surface area contributed by atoms with Crippen LogP contribution in [0.2, 0.25) is 0 Å². The highest BCUT2D eigenvalue weighted by atomic mass is 35.5. The molecule has 0 aliphatic carbocycles. The topological polar surface area (TPSA) is 18.5 Å². The second kappa shape index (κ2) is 6.54. The lowest BCUT2D eigenvalue weighted by Crippen LogP contribution is -2.18. The van der Waals surface area contributed by atoms with Gasteiger partial charge in [-0.1, -0.05) is 30.3 Å². The normalized spacial score (nSPS) is 13.4. The van der Waals surface area contributed by atoms with Gasteiger partial charge >= 0.3 is 6.18 Å². The van der Waals surface area contributed by atoms with Gasteiger partial charge in [0.1, 0.15) is 12.4 Å². The van der Waals surface area contributed by atoms with Crippen LogP contribution >= 0.6 is 11.6 Å². The van der Waals surface area contributed by atoms with Crippen LogP contribution < -0.4 is 4.74 Å². The van der Waals surface area contributed by atoms with Crippen LogP contribution in [0.1, 0.15) is 10.9 Å². The summed E-state index contributed by atoms with van der Waals surface area (Å²) in [5.41, 5.74) is 0.718. The van der Waals surface area contributed by atoms with E-state index in [1.807, 2.05) is 24.3 Å². The van der Waals surface area contributed by atoms with Crippen molar-refractivity contribution in [3.05, 3.63) is 42.0 Å². The molecule has 0 amide bonds. The minimum atomic E-state index is -4.35. The van der Waals surface area contributed by atoms with Crippen molar-refractivity contribution in [2.75, 3.05) is 20.3 Å². The zero-order valence-corrected chi connectivity index (χ0v) is 12.0. The number of hydrogen-bond donors (Lipinski definition) is 0. The van der Waals surface area contributed by atoms with Crippen LogP contribution in [-0.2, 0) is 4.74 Å². The van der Waals surface area contributed by atoms with Crippen molar-refractivity contribution >= 4 is 22.4 Å². The van der Waals surface area contributed by atoms with Crippen molar-refractivity contribution in [1.82, 2.24) is 0 Å². The van der Waals surface area contributed by atoms with Gasteiger partial charge in [-0.3, -0.25) is 0 Å². The number of alkyl halides is 4. The number of rotatable bonds is 5. The maximum absolute atomic E-state index is 12.1. The first-order valence-corrected chi connectivity index (χ1v) is 6.70. The molecule has 0 aromatic heterocycles. The molecule has 1 atom stereocenters. The van der Waals surface area contributed by atoms with Gasteiger partial charge < -0.3 is 9.47 Å². The number of fused-ring (bicyclic) bond motifs is 1. The van der Waals surface area contributed by atoms with Crippen LogP contribution in [0.5, 0.6) is 5.75 Å². The second-order valence-corrected chi connectivity index (χ2v) is 5.03. The summed E-state index contributed by atoms with van der Waals surface area (Å²) in [5, 5.41) is 1.04. The SMILES string of the molecule is COc1ccc(C(Cl)COCC(F)(F)F)c2ccccc12. The lowest BCUT2D eigenvalue weighted by atomic mass is 10.0. The molecule has 2 aromatic rings. The summed E-state index contributed by atoms with van der Waals surface area (Å²) in [4.78, 5) is 0. The van der Waals surface area contributed by atoms with Crippen molar-refractivity contribution in [3.63, 3.8) is 0 Å². The highest BCUT2D eigenvalue weighted by Crippen LogP contribution is 2.34. The third kappa shape index (κ3) is 4.02. The smallest absolute Gasteiger partial charge is 0.411 e. The maximum Gasteiger partial charge on any atom is 0.411 e. The summed E-state index contributed by atoms with van der Waals surface area (Å²) in [6.07, 6.45) is -4.35. The fourth-order valence-corrected chi connectivity index (χ4v) is 2.39. The van der Waals surface area contributed by atoms with Crippen LogP contribution in [0, 0.1) is 0 Å². The molecule has 2 aromatic carbocycles. The van der Waals surface area contributed by atoms with Gasteiger partial charge in [0, 0.05) is 5.39 Å². The molecule has 0 bridgehead atoms. The third-order valence-electron chi connectivity index (χ3n) is 3.01. The van der Waals surface area contributed by atoms with Crippen molar-refractivity contribution in [2.24, 2.45) is 0 Å². The van der Waals surface area contributed by atoms with Gasteiger partial charge in [-0.25, -0.2) is 0 Å². The van der Waals surface area contributed by atoms with Crippen molar-refractivity contribution in [3.8, 4) is 5.75 Å². The van der Waals surface area contributed by atoms with E-state index in [9.17, 15) is 13.2 Å². The molecule has 2 rings (SSSR count). The van der Waals surface area contributed by atoms with Crippen LogP contribution in [-0.4, -0.2) is 26.5 Å². The predicted molar refractivity (Wildman–Crippen MR) is 76.0 cm³/mol. The van der Waals surface area contributed by atoms with Crippen LogP contribution in [0.3, 0.4) is 0 Å². The average Bonchev–Trinajstić information content (AvgIpc) is 2.44. The quantitative estimate of drug-likeness (QED) is 0.743. The van der Waals surface area contributed by atoms with Crippen molar-refractivity contribution in [2.45, 2.75) is 11.6 Å². The van der Waals surface area contributed by atoms with Crippen LogP contribution in [0.25, 0.3) is 10.8 Å². The molecule has 0 heterocycles. The first-order chi connectivity index (χ1) is 9.92. The van der Waals surface area contributed by atoms with Gasteiger partial charge in [0.2, 0.25) is 0 Å². The molecule has 0 N–H and O–H groups in total. The Kier molecular flexibility index (Phi) is 4.96. The highest BCUT2D eigenvalue weighted by molar-refractivity contribution is 6.22. The largest absolute Gasteiger partial charge is 0.496 e. The van der Waals surface area contributed by atoms with E-state index in [2.05, 4.69) is 4.74 Å². The molecule has 6 heteroatoms. The molecular formula is C15H14ClF3O2. The highest BCUT2D eigenvalue weighted by Gasteiger charge is 2.28. The molecule has 0 spiro atoms. The fraction of sp³-hybridized carbons (Fsp3) is 0.333. The monoisotopic (exact) mass is 318 g/mol. The molecule has 0 aliphatic rings. The summed E-state index contributed by atoms with van der Waals surface area (Å²) in [7, 11) is 1.56. The van der Waals surface area contributed by atoms with E-state index in [0.29, 0.717) is 5.75 Å². The Morgan fingerprint density at radius 3 is 2.38 bits per heavy atom. The first-order valence-electron chi connectivity index (χ1n) is 6.26. The number of methoxy groups -OCH3 is 1. The Hall–Kier alpha value is -1.46. The Bertz CT molecular complexity index is 613. The number of hydrogen-bond acceptors (Lipinski definition) is 2. The van der Waals surface area contributed by atoms with Gasteiger partial charge in [0.05, 0.1) is 19.1 Å². The van der Waals surface area contributed by atoms with E-state index in [4.69, 9.17) is 16.3 Å². The number of ether oxygens (including phenoxy) is 2. The predicted octanol–water partition coefficient (Wildman–Crippen LogP) is 4.71. The molecule has 0 saturated heterocycles.